The van der Waals surface area contributed by atoms with Crippen molar-refractivity contribution >= 4 is 5.91 Å². The SMILES string of the molecule is CN1CCn2c(nnc2[C@@H](COCc2ccccc2)NC(=O)C(C)(C)N)C1. The van der Waals surface area contributed by atoms with Crippen molar-refractivity contribution in [3.63, 3.8) is 0 Å². The third-order valence-corrected chi connectivity index (χ3v) is 4.57. The van der Waals surface area contributed by atoms with Crippen LogP contribution in [0.4, 0.5) is 0 Å². The summed E-state index contributed by atoms with van der Waals surface area (Å²) < 4.78 is 7.95. The molecule has 1 amide bonds. The molecule has 2 heterocycles. The van der Waals surface area contributed by atoms with E-state index in [1.54, 1.807) is 13.8 Å². The lowest BCUT2D eigenvalue weighted by atomic mass is 10.1. The number of hydrogen-bond donors (Lipinski definition) is 2. The molecule has 0 radical (unpaired) electrons. The van der Waals surface area contributed by atoms with Crippen LogP contribution in [0.15, 0.2) is 30.3 Å². The molecule has 1 aliphatic rings. The van der Waals surface area contributed by atoms with Gasteiger partial charge in [0.2, 0.25) is 5.91 Å². The van der Waals surface area contributed by atoms with Gasteiger partial charge in [-0.2, -0.15) is 0 Å². The predicted molar refractivity (Wildman–Crippen MR) is 102 cm³/mol. The second-order valence-electron chi connectivity index (χ2n) is 7.61. The molecule has 1 aromatic carbocycles. The molecular formula is C19H28N6O2. The zero-order valence-electron chi connectivity index (χ0n) is 16.2. The van der Waals surface area contributed by atoms with Crippen LogP contribution in [-0.2, 0) is 29.2 Å². The monoisotopic (exact) mass is 372 g/mol. The van der Waals surface area contributed by atoms with Crippen LogP contribution < -0.4 is 11.1 Å². The number of benzene rings is 1. The third kappa shape index (κ3) is 4.91. The molecule has 1 atom stereocenters. The zero-order chi connectivity index (χ0) is 19.4. The molecule has 0 unspecified atom stereocenters. The van der Waals surface area contributed by atoms with Crippen LogP contribution in [0.25, 0.3) is 0 Å². The highest BCUT2D eigenvalue weighted by Crippen LogP contribution is 2.18. The van der Waals surface area contributed by atoms with Crippen LogP contribution >= 0.6 is 0 Å². The van der Waals surface area contributed by atoms with Gasteiger partial charge in [-0.1, -0.05) is 30.3 Å². The van der Waals surface area contributed by atoms with Gasteiger partial charge in [0, 0.05) is 13.1 Å². The highest BCUT2D eigenvalue weighted by Gasteiger charge is 2.30. The minimum atomic E-state index is -0.983. The van der Waals surface area contributed by atoms with Crippen molar-refractivity contribution < 1.29 is 9.53 Å². The van der Waals surface area contributed by atoms with E-state index in [4.69, 9.17) is 10.5 Å². The molecule has 0 aliphatic carbocycles. The van der Waals surface area contributed by atoms with Crippen molar-refractivity contribution in [1.82, 2.24) is 25.0 Å². The van der Waals surface area contributed by atoms with Crippen LogP contribution in [0.2, 0.25) is 0 Å². The fourth-order valence-electron chi connectivity index (χ4n) is 2.95. The molecule has 3 rings (SSSR count). The van der Waals surface area contributed by atoms with E-state index >= 15 is 0 Å². The summed E-state index contributed by atoms with van der Waals surface area (Å²) in [6.07, 6.45) is 0. The largest absolute Gasteiger partial charge is 0.374 e. The number of fused-ring (bicyclic) bond motifs is 1. The first-order chi connectivity index (χ1) is 12.8. The van der Waals surface area contributed by atoms with Gasteiger partial charge in [-0.15, -0.1) is 10.2 Å². The van der Waals surface area contributed by atoms with E-state index in [2.05, 4.69) is 32.0 Å². The maximum atomic E-state index is 12.5. The molecule has 3 N–H and O–H groups in total. The summed E-state index contributed by atoms with van der Waals surface area (Å²) in [7, 11) is 2.05. The number of rotatable bonds is 7. The van der Waals surface area contributed by atoms with Crippen LogP contribution in [0.1, 0.15) is 37.1 Å². The lowest BCUT2D eigenvalue weighted by molar-refractivity contribution is -0.126. The lowest BCUT2D eigenvalue weighted by Gasteiger charge is -2.27. The number of nitrogens with zero attached hydrogens (tertiary/aromatic N) is 4. The summed E-state index contributed by atoms with van der Waals surface area (Å²) in [5.74, 6) is 1.36. The molecule has 1 aromatic heterocycles. The van der Waals surface area contributed by atoms with Crippen LogP contribution in [0.5, 0.6) is 0 Å². The van der Waals surface area contributed by atoms with E-state index in [1.807, 2.05) is 30.3 Å². The highest BCUT2D eigenvalue weighted by molar-refractivity contribution is 5.85. The molecule has 0 bridgehead atoms. The van der Waals surface area contributed by atoms with Gasteiger partial charge >= 0.3 is 0 Å². The Bertz CT molecular complexity index is 768. The quantitative estimate of drug-likeness (QED) is 0.747. The Hall–Kier alpha value is -2.29. The smallest absolute Gasteiger partial charge is 0.240 e. The average molecular weight is 372 g/mol. The fourth-order valence-corrected chi connectivity index (χ4v) is 2.95. The number of amides is 1. The van der Waals surface area contributed by atoms with Gasteiger partial charge in [-0.3, -0.25) is 9.69 Å². The summed E-state index contributed by atoms with van der Waals surface area (Å²) in [6, 6.07) is 9.51. The van der Waals surface area contributed by atoms with Gasteiger partial charge < -0.3 is 20.4 Å². The summed E-state index contributed by atoms with van der Waals surface area (Å²) >= 11 is 0. The first-order valence-corrected chi connectivity index (χ1v) is 9.16. The van der Waals surface area contributed by atoms with Crippen molar-refractivity contribution in [2.45, 2.75) is 45.1 Å². The number of ether oxygens (including phenoxy) is 1. The number of carbonyl (C=O) groups is 1. The number of aromatic nitrogens is 3. The Morgan fingerprint density at radius 2 is 2.04 bits per heavy atom. The molecule has 1 aliphatic heterocycles. The molecular weight excluding hydrogens is 344 g/mol. The Labute approximate surface area is 159 Å². The van der Waals surface area contributed by atoms with E-state index in [-0.39, 0.29) is 5.91 Å². The molecule has 2 aromatic rings. The topological polar surface area (TPSA) is 98.3 Å². The Kier molecular flexibility index (Phi) is 5.88. The van der Waals surface area contributed by atoms with Crippen LogP contribution in [-0.4, -0.2) is 51.3 Å². The van der Waals surface area contributed by atoms with Crippen molar-refractivity contribution in [3.05, 3.63) is 47.5 Å². The van der Waals surface area contributed by atoms with E-state index in [0.29, 0.717) is 19.0 Å². The molecule has 0 saturated carbocycles. The fraction of sp³-hybridized carbons (Fsp3) is 0.526. The molecule has 27 heavy (non-hydrogen) atoms. The number of likely N-dealkylation sites (N-methyl/N-ethyl adjacent to an activating group) is 1. The first kappa shape index (κ1) is 19.5. The minimum Gasteiger partial charge on any atom is -0.374 e. The van der Waals surface area contributed by atoms with E-state index < -0.39 is 11.6 Å². The van der Waals surface area contributed by atoms with Gasteiger partial charge in [-0.05, 0) is 26.5 Å². The van der Waals surface area contributed by atoms with Gasteiger partial charge in [0.25, 0.3) is 0 Å². The molecule has 8 nitrogen and oxygen atoms in total. The lowest BCUT2D eigenvalue weighted by Crippen LogP contribution is -2.51. The zero-order valence-corrected chi connectivity index (χ0v) is 16.2. The van der Waals surface area contributed by atoms with Gasteiger partial charge in [-0.25, -0.2) is 0 Å². The molecule has 8 heteroatoms. The Morgan fingerprint density at radius 1 is 1.30 bits per heavy atom. The normalized spacial score (nSPS) is 16.0. The number of carbonyl (C=O) groups excluding carboxylic acids is 1. The van der Waals surface area contributed by atoms with Gasteiger partial charge in [0.05, 0.1) is 25.3 Å². The highest BCUT2D eigenvalue weighted by atomic mass is 16.5. The maximum Gasteiger partial charge on any atom is 0.240 e. The second kappa shape index (κ2) is 8.16. The van der Waals surface area contributed by atoms with Crippen molar-refractivity contribution in [1.29, 1.82) is 0 Å². The summed E-state index contributed by atoms with van der Waals surface area (Å²) in [6.45, 7) is 6.54. The number of hydrogen-bond acceptors (Lipinski definition) is 6. The summed E-state index contributed by atoms with van der Waals surface area (Å²) in [4.78, 5) is 14.7. The standard InChI is InChI=1S/C19H28N6O2/c1-19(2,20)18(26)21-15(13-27-12-14-7-5-4-6-8-14)17-23-22-16-11-24(3)9-10-25(16)17/h4-8,15H,9-13,20H2,1-3H3,(H,21,26)/t15-/m1/s1. The first-order valence-electron chi connectivity index (χ1n) is 9.16. The molecule has 0 saturated heterocycles. The number of nitrogens with two attached hydrogens (primary N) is 1. The summed E-state index contributed by atoms with van der Waals surface area (Å²) in [5, 5.41) is 11.6. The van der Waals surface area contributed by atoms with Crippen molar-refractivity contribution in [2.24, 2.45) is 5.73 Å². The Balaban J connectivity index is 1.75. The van der Waals surface area contributed by atoms with Crippen LogP contribution in [0, 0.1) is 0 Å². The second-order valence-corrected chi connectivity index (χ2v) is 7.61. The molecule has 0 fully saturated rings. The number of nitrogens with one attached hydrogen (secondary N) is 1. The Morgan fingerprint density at radius 3 is 2.74 bits per heavy atom. The van der Waals surface area contributed by atoms with Crippen molar-refractivity contribution in [2.75, 3.05) is 20.2 Å². The van der Waals surface area contributed by atoms with Gasteiger partial charge in [0.1, 0.15) is 11.9 Å². The molecule has 0 spiro atoms. The molecule has 146 valence electrons. The van der Waals surface area contributed by atoms with E-state index in [9.17, 15) is 4.79 Å². The predicted octanol–water partition coefficient (Wildman–Crippen LogP) is 0.835. The van der Waals surface area contributed by atoms with E-state index in [0.717, 1.165) is 31.0 Å². The maximum absolute atomic E-state index is 12.5. The third-order valence-electron chi connectivity index (χ3n) is 4.57. The van der Waals surface area contributed by atoms with Crippen molar-refractivity contribution in [3.8, 4) is 0 Å². The summed E-state index contributed by atoms with van der Waals surface area (Å²) in [5.41, 5.74) is 6.05. The van der Waals surface area contributed by atoms with Crippen LogP contribution in [0.3, 0.4) is 0 Å². The van der Waals surface area contributed by atoms with Gasteiger partial charge in [0.15, 0.2) is 5.82 Å². The minimum absolute atomic E-state index is 0.249. The average Bonchev–Trinajstić information content (AvgIpc) is 3.03. The van der Waals surface area contributed by atoms with E-state index in [1.165, 1.54) is 0 Å².